The minimum atomic E-state index is 0.0166. The van der Waals surface area contributed by atoms with Crippen LogP contribution in [-0.4, -0.2) is 68.5 Å². The van der Waals surface area contributed by atoms with Gasteiger partial charge in [-0.25, -0.2) is 9.97 Å². The highest BCUT2D eigenvalue weighted by Crippen LogP contribution is 2.26. The van der Waals surface area contributed by atoms with Crippen LogP contribution in [0.5, 0.6) is 0 Å². The summed E-state index contributed by atoms with van der Waals surface area (Å²) in [7, 11) is 6.05. The highest BCUT2D eigenvalue weighted by molar-refractivity contribution is 5.90. The van der Waals surface area contributed by atoms with E-state index in [1.54, 1.807) is 10.8 Å². The van der Waals surface area contributed by atoms with E-state index < -0.39 is 0 Å². The van der Waals surface area contributed by atoms with Crippen LogP contribution in [0.1, 0.15) is 41.6 Å². The number of rotatable bonds is 6. The minimum Gasteiger partial charge on any atom is -0.335 e. The number of likely N-dealkylation sites (tertiary alicyclic amines) is 1. The van der Waals surface area contributed by atoms with Gasteiger partial charge in [0.25, 0.3) is 5.91 Å². The summed E-state index contributed by atoms with van der Waals surface area (Å²) in [5.41, 5.74) is 0. The highest BCUT2D eigenvalue weighted by Gasteiger charge is 2.29. The lowest BCUT2D eigenvalue weighted by Crippen LogP contribution is -2.40. The molecule has 0 radical (unpaired) electrons. The smallest absolute Gasteiger partial charge is 0.289 e. The molecule has 25 heavy (non-hydrogen) atoms. The van der Waals surface area contributed by atoms with Crippen LogP contribution in [0, 0.1) is 0 Å². The molecule has 1 fully saturated rings. The minimum absolute atomic E-state index is 0.0166. The fourth-order valence-corrected chi connectivity index (χ4v) is 3.51. The van der Waals surface area contributed by atoms with Gasteiger partial charge in [-0.15, -0.1) is 0 Å². The van der Waals surface area contributed by atoms with Gasteiger partial charge in [-0.05, 0) is 39.9 Å². The topological polar surface area (TPSA) is 59.2 Å². The van der Waals surface area contributed by atoms with Gasteiger partial charge in [0.1, 0.15) is 5.82 Å². The van der Waals surface area contributed by atoms with E-state index in [1.165, 1.54) is 0 Å². The van der Waals surface area contributed by atoms with E-state index in [9.17, 15) is 4.79 Å². The molecule has 1 aliphatic heterocycles. The lowest BCUT2D eigenvalue weighted by molar-refractivity contribution is 0.0687. The van der Waals surface area contributed by atoms with Crippen LogP contribution in [0.4, 0.5) is 0 Å². The van der Waals surface area contributed by atoms with Crippen molar-refractivity contribution < 1.29 is 4.79 Å². The molecule has 0 aliphatic carbocycles. The van der Waals surface area contributed by atoms with E-state index in [1.807, 2.05) is 24.3 Å². The summed E-state index contributed by atoms with van der Waals surface area (Å²) in [6.45, 7) is 3.54. The first-order valence-electron chi connectivity index (χ1n) is 8.98. The number of carbonyl (C=O) groups excluding carboxylic acids is 1. The van der Waals surface area contributed by atoms with E-state index in [-0.39, 0.29) is 5.91 Å². The Bertz CT molecular complexity index is 704. The molecule has 136 valence electrons. The molecule has 7 nitrogen and oxygen atoms in total. The maximum atomic E-state index is 12.7. The molecule has 0 unspecified atom stereocenters. The summed E-state index contributed by atoms with van der Waals surface area (Å²) < 4.78 is 4.04. The molecule has 3 heterocycles. The summed E-state index contributed by atoms with van der Waals surface area (Å²) >= 11 is 0. The Hall–Kier alpha value is -2.15. The lowest BCUT2D eigenvalue weighted by atomic mass is 9.97. The molecule has 2 aromatic rings. The maximum Gasteiger partial charge on any atom is 0.289 e. The van der Waals surface area contributed by atoms with Crippen LogP contribution in [0.3, 0.4) is 0 Å². The van der Waals surface area contributed by atoms with Gasteiger partial charge < -0.3 is 18.9 Å². The van der Waals surface area contributed by atoms with Crippen LogP contribution < -0.4 is 0 Å². The Kier molecular flexibility index (Phi) is 5.53. The van der Waals surface area contributed by atoms with Crippen LogP contribution in [0.25, 0.3) is 0 Å². The van der Waals surface area contributed by atoms with Gasteiger partial charge in [-0.2, -0.15) is 0 Å². The lowest BCUT2D eigenvalue weighted by Gasteiger charge is -2.32. The number of hydrogen-bond acceptors (Lipinski definition) is 4. The molecular weight excluding hydrogens is 316 g/mol. The molecule has 7 heteroatoms. The van der Waals surface area contributed by atoms with Gasteiger partial charge in [-0.1, -0.05) is 0 Å². The second kappa shape index (κ2) is 7.82. The van der Waals surface area contributed by atoms with Crippen molar-refractivity contribution in [3.8, 4) is 0 Å². The summed E-state index contributed by atoms with van der Waals surface area (Å²) in [5, 5.41) is 0. The second-order valence-corrected chi connectivity index (χ2v) is 7.09. The second-order valence-electron chi connectivity index (χ2n) is 7.09. The summed E-state index contributed by atoms with van der Waals surface area (Å²) in [6.07, 6.45) is 10.6. The Morgan fingerprint density at radius 3 is 2.80 bits per heavy atom. The van der Waals surface area contributed by atoms with E-state index >= 15 is 0 Å². The van der Waals surface area contributed by atoms with Gasteiger partial charge >= 0.3 is 0 Å². The molecule has 1 amide bonds. The van der Waals surface area contributed by atoms with Crippen LogP contribution in [-0.2, 0) is 13.6 Å². The molecule has 2 aromatic heterocycles. The van der Waals surface area contributed by atoms with E-state index in [0.29, 0.717) is 11.7 Å². The van der Waals surface area contributed by atoms with Gasteiger partial charge in [0.2, 0.25) is 0 Å². The monoisotopic (exact) mass is 344 g/mol. The molecule has 3 rings (SSSR count). The van der Waals surface area contributed by atoms with Crippen molar-refractivity contribution in [1.82, 2.24) is 28.9 Å². The number of carbonyl (C=O) groups is 1. The number of piperidine rings is 1. The zero-order chi connectivity index (χ0) is 17.8. The third-order valence-electron chi connectivity index (χ3n) is 4.84. The SMILES string of the molecule is CN(C)CCCn1ccnc1[C@H]1CCCN(C(=O)c2nccn2C)C1. The average molecular weight is 344 g/mol. The normalized spacial score (nSPS) is 18.1. The third-order valence-corrected chi connectivity index (χ3v) is 4.84. The number of hydrogen-bond donors (Lipinski definition) is 0. The number of imidazole rings is 2. The average Bonchev–Trinajstić information content (AvgIpc) is 3.23. The molecule has 1 aliphatic rings. The first kappa shape index (κ1) is 17.7. The van der Waals surface area contributed by atoms with Crippen LogP contribution in [0.2, 0.25) is 0 Å². The van der Waals surface area contributed by atoms with Crippen molar-refractivity contribution in [2.24, 2.45) is 7.05 Å². The van der Waals surface area contributed by atoms with Gasteiger partial charge in [0.15, 0.2) is 5.82 Å². The van der Waals surface area contributed by atoms with Crippen LogP contribution >= 0.6 is 0 Å². The van der Waals surface area contributed by atoms with Crippen molar-refractivity contribution in [2.75, 3.05) is 33.7 Å². The van der Waals surface area contributed by atoms with Crippen LogP contribution in [0.15, 0.2) is 24.8 Å². The number of amides is 1. The van der Waals surface area contributed by atoms with Crippen molar-refractivity contribution in [3.63, 3.8) is 0 Å². The maximum absolute atomic E-state index is 12.7. The molecule has 0 aromatic carbocycles. The molecule has 0 saturated carbocycles. The van der Waals surface area contributed by atoms with Gasteiger partial charge in [0.05, 0.1) is 0 Å². The first-order chi connectivity index (χ1) is 12.1. The quantitative estimate of drug-likeness (QED) is 0.798. The van der Waals surface area contributed by atoms with Crippen molar-refractivity contribution in [1.29, 1.82) is 0 Å². The van der Waals surface area contributed by atoms with Crippen molar-refractivity contribution in [3.05, 3.63) is 36.4 Å². The molecule has 1 saturated heterocycles. The number of aromatic nitrogens is 4. The Morgan fingerprint density at radius 2 is 2.08 bits per heavy atom. The number of nitrogens with zero attached hydrogens (tertiary/aromatic N) is 6. The Labute approximate surface area is 149 Å². The largest absolute Gasteiger partial charge is 0.335 e. The predicted octanol–water partition coefficient (Wildman–Crippen LogP) is 1.59. The Balaban J connectivity index is 1.67. The molecule has 1 atom stereocenters. The fourth-order valence-electron chi connectivity index (χ4n) is 3.51. The van der Waals surface area contributed by atoms with Crippen molar-refractivity contribution in [2.45, 2.75) is 31.7 Å². The summed E-state index contributed by atoms with van der Waals surface area (Å²) in [5.74, 6) is 1.93. The third kappa shape index (κ3) is 4.10. The zero-order valence-electron chi connectivity index (χ0n) is 15.4. The molecule has 0 spiro atoms. The van der Waals surface area contributed by atoms with Gasteiger partial charge in [-0.3, -0.25) is 4.79 Å². The number of aryl methyl sites for hydroxylation is 2. The standard InChI is InChI=1S/C18H28N6O/c1-21(2)9-5-11-23-13-8-19-16(23)15-6-4-10-24(14-15)18(25)17-20-7-12-22(17)3/h7-8,12-13,15H,4-6,9-11,14H2,1-3H3/t15-/m0/s1. The van der Waals surface area contributed by atoms with E-state index in [0.717, 1.165) is 51.3 Å². The highest BCUT2D eigenvalue weighted by atomic mass is 16.2. The van der Waals surface area contributed by atoms with E-state index in [4.69, 9.17) is 0 Å². The predicted molar refractivity (Wildman–Crippen MR) is 96.5 cm³/mol. The first-order valence-corrected chi connectivity index (χ1v) is 8.98. The summed E-state index contributed by atoms with van der Waals surface area (Å²) in [4.78, 5) is 25.7. The molecular formula is C18H28N6O. The Morgan fingerprint density at radius 1 is 1.28 bits per heavy atom. The molecule has 0 bridgehead atoms. The van der Waals surface area contributed by atoms with Crippen molar-refractivity contribution >= 4 is 5.91 Å². The summed E-state index contributed by atoms with van der Waals surface area (Å²) in [6, 6.07) is 0. The zero-order valence-corrected chi connectivity index (χ0v) is 15.4. The van der Waals surface area contributed by atoms with Gasteiger partial charge in [0, 0.05) is 57.4 Å². The van der Waals surface area contributed by atoms with E-state index in [2.05, 4.69) is 39.7 Å². The molecule has 0 N–H and O–H groups in total. The fraction of sp³-hybridized carbons (Fsp3) is 0.611.